The van der Waals surface area contributed by atoms with Crippen LogP contribution in [0.4, 0.5) is 10.5 Å². The van der Waals surface area contributed by atoms with Gasteiger partial charge in [0.05, 0.1) is 25.0 Å². The molecule has 6 heteroatoms. The van der Waals surface area contributed by atoms with Gasteiger partial charge in [0, 0.05) is 26.2 Å². The van der Waals surface area contributed by atoms with E-state index in [0.717, 1.165) is 19.6 Å². The fraction of sp³-hybridized carbons (Fsp3) is 0.562. The SMILES string of the molecule is COc1ccccc1NC(=O)NCCN1C[C@@H](C)O[C@@H](C)C1. The average Bonchev–Trinajstić information content (AvgIpc) is 2.46. The molecule has 0 saturated carbocycles. The Labute approximate surface area is 131 Å². The lowest BCUT2D eigenvalue weighted by atomic mass is 10.2. The number of nitrogens with one attached hydrogen (secondary N) is 2. The van der Waals surface area contributed by atoms with Gasteiger partial charge in [-0.25, -0.2) is 4.79 Å². The summed E-state index contributed by atoms with van der Waals surface area (Å²) in [6, 6.07) is 7.12. The number of rotatable bonds is 5. The Morgan fingerprint density at radius 2 is 2.00 bits per heavy atom. The number of carbonyl (C=O) groups excluding carboxylic acids is 1. The van der Waals surface area contributed by atoms with Gasteiger partial charge in [-0.3, -0.25) is 4.90 Å². The molecule has 0 aromatic heterocycles. The Balaban J connectivity index is 1.74. The van der Waals surface area contributed by atoms with Crippen LogP contribution in [-0.4, -0.2) is 56.4 Å². The molecule has 1 aliphatic rings. The Hall–Kier alpha value is -1.79. The summed E-state index contributed by atoms with van der Waals surface area (Å²) in [4.78, 5) is 14.2. The number of benzene rings is 1. The zero-order chi connectivity index (χ0) is 15.9. The first-order valence-electron chi connectivity index (χ1n) is 7.64. The van der Waals surface area contributed by atoms with Gasteiger partial charge in [0.15, 0.2) is 0 Å². The molecule has 2 N–H and O–H groups in total. The lowest BCUT2D eigenvalue weighted by molar-refractivity contribution is -0.0672. The zero-order valence-corrected chi connectivity index (χ0v) is 13.5. The van der Waals surface area contributed by atoms with E-state index in [1.54, 1.807) is 7.11 Å². The summed E-state index contributed by atoms with van der Waals surface area (Å²) in [6.45, 7) is 7.37. The number of hydrogen-bond acceptors (Lipinski definition) is 4. The van der Waals surface area contributed by atoms with Gasteiger partial charge in [0.1, 0.15) is 5.75 Å². The van der Waals surface area contributed by atoms with Gasteiger partial charge in [-0.1, -0.05) is 12.1 Å². The maximum atomic E-state index is 11.9. The first-order valence-corrected chi connectivity index (χ1v) is 7.64. The minimum Gasteiger partial charge on any atom is -0.495 e. The van der Waals surface area contributed by atoms with E-state index in [-0.39, 0.29) is 18.2 Å². The minimum atomic E-state index is -0.223. The number of anilines is 1. The third kappa shape index (κ3) is 4.89. The zero-order valence-electron chi connectivity index (χ0n) is 13.5. The van der Waals surface area contributed by atoms with Gasteiger partial charge < -0.3 is 20.1 Å². The molecule has 2 atom stereocenters. The first-order chi connectivity index (χ1) is 10.6. The van der Waals surface area contributed by atoms with Gasteiger partial charge in [-0.15, -0.1) is 0 Å². The standard InChI is InChI=1S/C16H25N3O3/c1-12-10-19(11-13(2)22-12)9-8-17-16(20)18-14-6-4-5-7-15(14)21-3/h4-7,12-13H,8-11H2,1-3H3,(H2,17,18,20)/t12-,13+. The smallest absolute Gasteiger partial charge is 0.319 e. The molecule has 1 fully saturated rings. The number of morpholine rings is 1. The molecule has 0 radical (unpaired) electrons. The molecule has 0 aliphatic carbocycles. The topological polar surface area (TPSA) is 62.8 Å². The number of hydrogen-bond donors (Lipinski definition) is 2. The van der Waals surface area contributed by atoms with Crippen LogP contribution in [0.15, 0.2) is 24.3 Å². The molecule has 1 aromatic rings. The fourth-order valence-electron chi connectivity index (χ4n) is 2.71. The third-order valence-corrected chi connectivity index (χ3v) is 3.56. The summed E-state index contributed by atoms with van der Waals surface area (Å²) in [7, 11) is 1.58. The third-order valence-electron chi connectivity index (χ3n) is 3.56. The van der Waals surface area contributed by atoms with Crippen molar-refractivity contribution in [1.29, 1.82) is 0 Å². The predicted molar refractivity (Wildman–Crippen MR) is 86.5 cm³/mol. The monoisotopic (exact) mass is 307 g/mol. The molecule has 6 nitrogen and oxygen atoms in total. The molecule has 1 aliphatic heterocycles. The number of nitrogens with zero attached hydrogens (tertiary/aromatic N) is 1. The maximum Gasteiger partial charge on any atom is 0.319 e. The van der Waals surface area contributed by atoms with Crippen LogP contribution in [0.3, 0.4) is 0 Å². The van der Waals surface area contributed by atoms with Crippen molar-refractivity contribution in [2.75, 3.05) is 38.6 Å². The van der Waals surface area contributed by atoms with Crippen molar-refractivity contribution in [2.45, 2.75) is 26.1 Å². The Morgan fingerprint density at radius 1 is 1.32 bits per heavy atom. The molecule has 1 aromatic carbocycles. The summed E-state index contributed by atoms with van der Waals surface area (Å²) in [5.41, 5.74) is 0.663. The van der Waals surface area contributed by atoms with Crippen LogP contribution >= 0.6 is 0 Å². The van der Waals surface area contributed by atoms with Gasteiger partial charge in [-0.2, -0.15) is 0 Å². The van der Waals surface area contributed by atoms with Crippen LogP contribution in [0.1, 0.15) is 13.8 Å². The molecular weight excluding hydrogens is 282 g/mol. The largest absolute Gasteiger partial charge is 0.495 e. The molecule has 2 amide bonds. The molecule has 0 spiro atoms. The quantitative estimate of drug-likeness (QED) is 0.872. The van der Waals surface area contributed by atoms with E-state index >= 15 is 0 Å². The Morgan fingerprint density at radius 3 is 2.68 bits per heavy atom. The van der Waals surface area contributed by atoms with Gasteiger partial charge in [0.2, 0.25) is 0 Å². The van der Waals surface area contributed by atoms with Crippen molar-refractivity contribution in [1.82, 2.24) is 10.2 Å². The maximum absolute atomic E-state index is 11.9. The molecule has 0 bridgehead atoms. The van der Waals surface area contributed by atoms with E-state index in [1.165, 1.54) is 0 Å². The molecule has 22 heavy (non-hydrogen) atoms. The molecular formula is C16H25N3O3. The summed E-state index contributed by atoms with van der Waals surface area (Å²) >= 11 is 0. The van der Waals surface area contributed by atoms with E-state index in [1.807, 2.05) is 24.3 Å². The highest BCUT2D eigenvalue weighted by Crippen LogP contribution is 2.22. The van der Waals surface area contributed by atoms with Crippen molar-refractivity contribution >= 4 is 11.7 Å². The van der Waals surface area contributed by atoms with Gasteiger partial charge in [0.25, 0.3) is 0 Å². The molecule has 0 unspecified atom stereocenters. The van der Waals surface area contributed by atoms with Gasteiger partial charge in [-0.05, 0) is 26.0 Å². The molecule has 1 saturated heterocycles. The summed E-state index contributed by atoms with van der Waals surface area (Å²) in [5, 5.41) is 5.67. The van der Waals surface area contributed by atoms with Crippen LogP contribution in [0, 0.1) is 0 Å². The lowest BCUT2D eigenvalue weighted by Crippen LogP contribution is -2.48. The predicted octanol–water partition coefficient (Wildman–Crippen LogP) is 1.93. The number of methoxy groups -OCH3 is 1. The van der Waals surface area contributed by atoms with Crippen molar-refractivity contribution < 1.29 is 14.3 Å². The summed E-state index contributed by atoms with van der Waals surface area (Å²) in [5.74, 6) is 0.647. The fourth-order valence-corrected chi connectivity index (χ4v) is 2.71. The van der Waals surface area contributed by atoms with Crippen LogP contribution in [0.5, 0.6) is 5.75 Å². The number of urea groups is 1. The number of ether oxygens (including phenoxy) is 2. The highest BCUT2D eigenvalue weighted by Gasteiger charge is 2.21. The second-order valence-electron chi connectivity index (χ2n) is 5.60. The number of para-hydroxylation sites is 2. The second-order valence-corrected chi connectivity index (χ2v) is 5.60. The van der Waals surface area contributed by atoms with Crippen LogP contribution in [0.25, 0.3) is 0 Å². The summed E-state index contributed by atoms with van der Waals surface area (Å²) < 4.78 is 10.9. The number of amides is 2. The summed E-state index contributed by atoms with van der Waals surface area (Å²) in [6.07, 6.45) is 0.484. The van der Waals surface area contributed by atoms with Crippen LogP contribution < -0.4 is 15.4 Å². The second kappa shape index (κ2) is 8.00. The van der Waals surface area contributed by atoms with Crippen molar-refractivity contribution in [3.05, 3.63) is 24.3 Å². The lowest BCUT2D eigenvalue weighted by Gasteiger charge is -2.35. The Kier molecular flexibility index (Phi) is 6.03. The van der Waals surface area contributed by atoms with E-state index < -0.39 is 0 Å². The van der Waals surface area contributed by atoms with E-state index in [4.69, 9.17) is 9.47 Å². The number of carbonyl (C=O) groups is 1. The van der Waals surface area contributed by atoms with Crippen molar-refractivity contribution in [2.24, 2.45) is 0 Å². The molecule has 1 heterocycles. The highest BCUT2D eigenvalue weighted by atomic mass is 16.5. The van der Waals surface area contributed by atoms with Crippen molar-refractivity contribution in [3.63, 3.8) is 0 Å². The van der Waals surface area contributed by atoms with Crippen molar-refractivity contribution in [3.8, 4) is 5.75 Å². The normalized spacial score (nSPS) is 22.1. The molecule has 2 rings (SSSR count). The highest BCUT2D eigenvalue weighted by molar-refractivity contribution is 5.90. The van der Waals surface area contributed by atoms with Gasteiger partial charge >= 0.3 is 6.03 Å². The average molecular weight is 307 g/mol. The van der Waals surface area contributed by atoms with E-state index in [2.05, 4.69) is 29.4 Å². The minimum absolute atomic E-state index is 0.223. The van der Waals surface area contributed by atoms with Crippen LogP contribution in [-0.2, 0) is 4.74 Å². The molecule has 122 valence electrons. The van der Waals surface area contributed by atoms with Crippen LogP contribution in [0.2, 0.25) is 0 Å². The van der Waals surface area contributed by atoms with E-state index in [9.17, 15) is 4.79 Å². The Bertz CT molecular complexity index is 485. The van der Waals surface area contributed by atoms with E-state index in [0.29, 0.717) is 18.0 Å². The first kappa shape index (κ1) is 16.6.